The van der Waals surface area contributed by atoms with Gasteiger partial charge < -0.3 is 5.32 Å². The van der Waals surface area contributed by atoms with E-state index in [0.717, 1.165) is 0 Å². The second kappa shape index (κ2) is 6.22. The molecule has 0 saturated heterocycles. The summed E-state index contributed by atoms with van der Waals surface area (Å²) in [6, 6.07) is 3.83. The van der Waals surface area contributed by atoms with Crippen LogP contribution in [-0.2, 0) is 0 Å². The lowest BCUT2D eigenvalue weighted by molar-refractivity contribution is 0.0938. The fourth-order valence-corrected chi connectivity index (χ4v) is 1.94. The summed E-state index contributed by atoms with van der Waals surface area (Å²) in [5.74, 6) is -0.817. The van der Waals surface area contributed by atoms with Crippen molar-refractivity contribution in [3.8, 4) is 0 Å². The van der Waals surface area contributed by atoms with Crippen molar-refractivity contribution >= 4 is 29.1 Å². The number of halogens is 3. The van der Waals surface area contributed by atoms with Gasteiger partial charge in [0.15, 0.2) is 0 Å². The summed E-state index contributed by atoms with van der Waals surface area (Å²) in [7, 11) is 0. The Labute approximate surface area is 110 Å². The Balaban J connectivity index is 2.66. The molecule has 5 heteroatoms. The Morgan fingerprint density at radius 3 is 2.65 bits per heavy atom. The van der Waals surface area contributed by atoms with Gasteiger partial charge in [0.1, 0.15) is 5.82 Å². The molecule has 2 atom stereocenters. The van der Waals surface area contributed by atoms with Crippen LogP contribution in [0.25, 0.3) is 0 Å². The van der Waals surface area contributed by atoms with Gasteiger partial charge >= 0.3 is 0 Å². The van der Waals surface area contributed by atoms with E-state index in [0.29, 0.717) is 12.0 Å². The molecule has 94 valence electrons. The highest BCUT2D eigenvalue weighted by Crippen LogP contribution is 2.16. The van der Waals surface area contributed by atoms with Crippen LogP contribution in [0.5, 0.6) is 0 Å². The molecule has 0 aromatic heterocycles. The van der Waals surface area contributed by atoms with Gasteiger partial charge in [-0.3, -0.25) is 4.79 Å². The average molecular weight is 278 g/mol. The van der Waals surface area contributed by atoms with Crippen LogP contribution >= 0.6 is 23.2 Å². The second-order valence-corrected chi connectivity index (χ2v) is 5.17. The van der Waals surface area contributed by atoms with Crippen molar-refractivity contribution in [1.82, 2.24) is 5.32 Å². The number of rotatable bonds is 4. The van der Waals surface area contributed by atoms with Crippen LogP contribution in [-0.4, -0.2) is 17.3 Å². The minimum Gasteiger partial charge on any atom is -0.350 e. The van der Waals surface area contributed by atoms with Crippen molar-refractivity contribution in [2.45, 2.75) is 31.7 Å². The van der Waals surface area contributed by atoms with Crippen LogP contribution in [0.15, 0.2) is 18.2 Å². The Morgan fingerprint density at radius 2 is 2.12 bits per heavy atom. The first-order chi connectivity index (χ1) is 7.90. The molecule has 0 bridgehead atoms. The average Bonchev–Trinajstić information content (AvgIpc) is 2.20. The van der Waals surface area contributed by atoms with Crippen molar-refractivity contribution < 1.29 is 9.18 Å². The van der Waals surface area contributed by atoms with Crippen LogP contribution in [0.3, 0.4) is 0 Å². The summed E-state index contributed by atoms with van der Waals surface area (Å²) in [5.41, 5.74) is 0.338. The summed E-state index contributed by atoms with van der Waals surface area (Å²) in [6.07, 6.45) is 0.669. The highest BCUT2D eigenvalue weighted by Gasteiger charge is 2.13. The van der Waals surface area contributed by atoms with E-state index < -0.39 is 5.82 Å². The first-order valence-corrected chi connectivity index (χ1v) is 6.11. The van der Waals surface area contributed by atoms with Crippen molar-refractivity contribution in [3.63, 3.8) is 0 Å². The third-order valence-electron chi connectivity index (χ3n) is 2.24. The Morgan fingerprint density at radius 1 is 1.47 bits per heavy atom. The third-order valence-corrected chi connectivity index (χ3v) is 2.71. The third kappa shape index (κ3) is 4.52. The molecule has 0 fully saturated rings. The molecule has 0 aliphatic heterocycles. The van der Waals surface area contributed by atoms with Crippen molar-refractivity contribution in [2.75, 3.05) is 0 Å². The van der Waals surface area contributed by atoms with Crippen LogP contribution in [0.2, 0.25) is 5.02 Å². The number of carbonyl (C=O) groups is 1. The van der Waals surface area contributed by atoms with E-state index in [1.165, 1.54) is 18.2 Å². The van der Waals surface area contributed by atoms with Crippen LogP contribution in [0.4, 0.5) is 4.39 Å². The number of hydrogen-bond donors (Lipinski definition) is 1. The minimum atomic E-state index is -0.536. The molecule has 1 aromatic rings. The number of alkyl halides is 1. The summed E-state index contributed by atoms with van der Waals surface area (Å²) in [4.78, 5) is 11.8. The molecule has 0 spiro atoms. The van der Waals surface area contributed by atoms with Crippen LogP contribution < -0.4 is 5.32 Å². The Hall–Kier alpha value is -0.800. The highest BCUT2D eigenvalue weighted by atomic mass is 35.5. The van der Waals surface area contributed by atoms with Gasteiger partial charge in [0.05, 0.1) is 5.02 Å². The molecule has 2 unspecified atom stereocenters. The predicted molar refractivity (Wildman–Crippen MR) is 68.3 cm³/mol. The lowest BCUT2D eigenvalue weighted by Gasteiger charge is -2.15. The molecule has 0 aliphatic carbocycles. The molecule has 0 radical (unpaired) electrons. The molecule has 17 heavy (non-hydrogen) atoms. The zero-order chi connectivity index (χ0) is 13.0. The predicted octanol–water partition coefficient (Wildman–Crippen LogP) is 3.61. The molecule has 0 saturated carbocycles. The van der Waals surface area contributed by atoms with Gasteiger partial charge in [0.25, 0.3) is 5.91 Å². The van der Waals surface area contributed by atoms with E-state index in [9.17, 15) is 9.18 Å². The van der Waals surface area contributed by atoms with Crippen molar-refractivity contribution in [1.29, 1.82) is 0 Å². The molecule has 1 rings (SSSR count). The van der Waals surface area contributed by atoms with Crippen molar-refractivity contribution in [3.05, 3.63) is 34.6 Å². The van der Waals surface area contributed by atoms with Gasteiger partial charge in [-0.05, 0) is 38.5 Å². The van der Waals surface area contributed by atoms with Gasteiger partial charge in [-0.1, -0.05) is 11.6 Å². The fraction of sp³-hybridized carbons (Fsp3) is 0.417. The van der Waals surface area contributed by atoms with Crippen molar-refractivity contribution in [2.24, 2.45) is 0 Å². The minimum absolute atomic E-state index is 0.0119. The maximum absolute atomic E-state index is 12.9. The van der Waals surface area contributed by atoms with E-state index in [2.05, 4.69) is 5.32 Å². The van der Waals surface area contributed by atoms with E-state index in [1.54, 1.807) is 0 Å². The molecule has 0 heterocycles. The van der Waals surface area contributed by atoms with Gasteiger partial charge in [0, 0.05) is 17.0 Å². The first-order valence-electron chi connectivity index (χ1n) is 5.30. The quantitative estimate of drug-likeness (QED) is 0.837. The smallest absolute Gasteiger partial charge is 0.251 e. The second-order valence-electron chi connectivity index (χ2n) is 4.02. The van der Waals surface area contributed by atoms with E-state index >= 15 is 0 Å². The van der Waals surface area contributed by atoms with E-state index in [-0.39, 0.29) is 22.3 Å². The standard InChI is InChI=1S/C12H14Cl2FNO/c1-7(13)5-8(2)16-12(17)9-3-4-11(15)10(14)6-9/h3-4,6-8H,5H2,1-2H3,(H,16,17). The monoisotopic (exact) mass is 277 g/mol. The molecule has 2 nitrogen and oxygen atoms in total. The van der Waals surface area contributed by atoms with Gasteiger partial charge in [-0.25, -0.2) is 4.39 Å². The van der Waals surface area contributed by atoms with E-state index in [4.69, 9.17) is 23.2 Å². The summed E-state index contributed by atoms with van der Waals surface area (Å²) in [6.45, 7) is 3.72. The number of benzene rings is 1. The van der Waals surface area contributed by atoms with Crippen LogP contribution in [0, 0.1) is 5.82 Å². The number of nitrogens with one attached hydrogen (secondary N) is 1. The summed E-state index contributed by atoms with van der Waals surface area (Å²) >= 11 is 11.4. The van der Waals surface area contributed by atoms with Gasteiger partial charge in [0.2, 0.25) is 0 Å². The van der Waals surface area contributed by atoms with Gasteiger partial charge in [-0.2, -0.15) is 0 Å². The van der Waals surface area contributed by atoms with Crippen LogP contribution in [0.1, 0.15) is 30.6 Å². The zero-order valence-electron chi connectivity index (χ0n) is 9.64. The zero-order valence-corrected chi connectivity index (χ0v) is 11.1. The lowest BCUT2D eigenvalue weighted by Crippen LogP contribution is -2.33. The summed E-state index contributed by atoms with van der Waals surface area (Å²) in [5, 5.41) is 2.70. The molecule has 1 amide bonds. The SMILES string of the molecule is CC(Cl)CC(C)NC(=O)c1ccc(F)c(Cl)c1. The molecule has 0 aliphatic rings. The maximum atomic E-state index is 12.9. The number of amides is 1. The topological polar surface area (TPSA) is 29.1 Å². The maximum Gasteiger partial charge on any atom is 0.251 e. The molecule has 1 N–H and O–H groups in total. The van der Waals surface area contributed by atoms with E-state index in [1.807, 2.05) is 13.8 Å². The molecular formula is C12H14Cl2FNO. The number of carbonyl (C=O) groups excluding carboxylic acids is 1. The lowest BCUT2D eigenvalue weighted by atomic mass is 10.1. The Kier molecular flexibility index (Phi) is 5.22. The fourth-order valence-electron chi connectivity index (χ4n) is 1.49. The first kappa shape index (κ1) is 14.3. The highest BCUT2D eigenvalue weighted by molar-refractivity contribution is 6.31. The van der Waals surface area contributed by atoms with Gasteiger partial charge in [-0.15, -0.1) is 11.6 Å². The normalized spacial score (nSPS) is 14.2. The molecular weight excluding hydrogens is 264 g/mol. The molecule has 1 aromatic carbocycles. The Bertz CT molecular complexity index is 409. The summed E-state index contributed by atoms with van der Waals surface area (Å²) < 4.78 is 12.9. The largest absolute Gasteiger partial charge is 0.350 e. The number of hydrogen-bond acceptors (Lipinski definition) is 1.